The summed E-state index contributed by atoms with van der Waals surface area (Å²) in [6, 6.07) is 5.38. The van der Waals surface area contributed by atoms with Crippen molar-refractivity contribution in [1.29, 1.82) is 0 Å². The number of rotatable bonds is 1. The monoisotopic (exact) mass is 303 g/mol. The number of carboxylic acid groups (broad SMARTS) is 1. The minimum Gasteiger partial charge on any atom is -0.465 e. The van der Waals surface area contributed by atoms with E-state index in [0.717, 1.165) is 5.56 Å². The van der Waals surface area contributed by atoms with Crippen molar-refractivity contribution in [3.05, 3.63) is 29.3 Å². The highest BCUT2D eigenvalue weighted by Crippen LogP contribution is 2.33. The van der Waals surface area contributed by atoms with Gasteiger partial charge in [-0.2, -0.15) is 0 Å². The lowest BCUT2D eigenvalue weighted by atomic mass is 9.87. The molecule has 7 heteroatoms. The van der Waals surface area contributed by atoms with Gasteiger partial charge in [0.25, 0.3) is 0 Å². The molecule has 1 atom stereocenters. The zero-order valence-corrected chi connectivity index (χ0v) is 12.2. The Hall–Kier alpha value is -2.41. The average molecular weight is 303 g/mol. The van der Waals surface area contributed by atoms with Crippen LogP contribution in [0.2, 0.25) is 0 Å². The van der Waals surface area contributed by atoms with Crippen LogP contribution in [0.3, 0.4) is 0 Å². The standard InChI is InChI=1S/C15H17N3O4/c1-15(9-16-4-5-18(15)14(20)21)11-3-2-10-7-17-8-13(19)22-12(10)6-11/h2-3,6-7,16H,4-5,8-9H2,1H3,(H,20,21). The fourth-order valence-corrected chi connectivity index (χ4v) is 2.87. The highest BCUT2D eigenvalue weighted by molar-refractivity contribution is 5.90. The summed E-state index contributed by atoms with van der Waals surface area (Å²) in [6.07, 6.45) is 0.637. The fourth-order valence-electron chi connectivity index (χ4n) is 2.87. The van der Waals surface area contributed by atoms with E-state index in [1.807, 2.05) is 13.0 Å². The summed E-state index contributed by atoms with van der Waals surface area (Å²) in [4.78, 5) is 28.5. The first-order chi connectivity index (χ1) is 10.5. The maximum Gasteiger partial charge on any atom is 0.408 e. The van der Waals surface area contributed by atoms with E-state index >= 15 is 0 Å². The van der Waals surface area contributed by atoms with Crippen LogP contribution in [0.1, 0.15) is 18.1 Å². The number of aliphatic imine (C=N–C) groups is 1. The number of benzene rings is 1. The van der Waals surface area contributed by atoms with Crippen LogP contribution in [0.15, 0.2) is 23.2 Å². The Labute approximate surface area is 127 Å². The Balaban J connectivity index is 2.02. The lowest BCUT2D eigenvalue weighted by molar-refractivity contribution is -0.132. The fraction of sp³-hybridized carbons (Fsp3) is 0.400. The lowest BCUT2D eigenvalue weighted by Crippen LogP contribution is -2.59. The molecule has 1 aromatic carbocycles. The lowest BCUT2D eigenvalue weighted by Gasteiger charge is -2.44. The second-order valence-corrected chi connectivity index (χ2v) is 5.58. The van der Waals surface area contributed by atoms with Crippen molar-refractivity contribution in [3.63, 3.8) is 0 Å². The van der Waals surface area contributed by atoms with Crippen LogP contribution in [0.25, 0.3) is 0 Å². The molecule has 3 rings (SSSR count). The molecule has 1 fully saturated rings. The molecule has 0 bridgehead atoms. The molecular weight excluding hydrogens is 286 g/mol. The molecule has 0 spiro atoms. The number of carbonyl (C=O) groups is 2. The van der Waals surface area contributed by atoms with Gasteiger partial charge in [-0.3, -0.25) is 9.89 Å². The predicted octanol–water partition coefficient (Wildman–Crippen LogP) is 0.823. The number of nitrogens with zero attached hydrogens (tertiary/aromatic N) is 2. The summed E-state index contributed by atoms with van der Waals surface area (Å²) in [5.41, 5.74) is 0.780. The van der Waals surface area contributed by atoms with Gasteiger partial charge in [-0.05, 0) is 24.6 Å². The molecule has 0 saturated carbocycles. The Morgan fingerprint density at radius 2 is 2.32 bits per heavy atom. The molecule has 0 aromatic heterocycles. The zero-order valence-electron chi connectivity index (χ0n) is 12.2. The highest BCUT2D eigenvalue weighted by atomic mass is 16.5. The van der Waals surface area contributed by atoms with Gasteiger partial charge in [-0.1, -0.05) is 6.07 Å². The molecule has 1 aromatic rings. The molecule has 1 amide bonds. The van der Waals surface area contributed by atoms with Crippen molar-refractivity contribution in [2.75, 3.05) is 26.2 Å². The van der Waals surface area contributed by atoms with Gasteiger partial charge in [0.15, 0.2) is 0 Å². The third kappa shape index (κ3) is 2.43. The smallest absolute Gasteiger partial charge is 0.408 e. The Morgan fingerprint density at radius 1 is 1.50 bits per heavy atom. The minimum absolute atomic E-state index is 0.00983. The minimum atomic E-state index is -0.961. The van der Waals surface area contributed by atoms with Crippen molar-refractivity contribution in [3.8, 4) is 5.75 Å². The summed E-state index contributed by atoms with van der Waals surface area (Å²) < 4.78 is 5.28. The van der Waals surface area contributed by atoms with E-state index < -0.39 is 17.6 Å². The van der Waals surface area contributed by atoms with Crippen LogP contribution < -0.4 is 10.1 Å². The van der Waals surface area contributed by atoms with E-state index in [4.69, 9.17) is 4.74 Å². The number of fused-ring (bicyclic) bond motifs is 1. The van der Waals surface area contributed by atoms with Gasteiger partial charge >= 0.3 is 12.1 Å². The summed E-state index contributed by atoms with van der Waals surface area (Å²) in [5, 5.41) is 12.7. The molecule has 2 N–H and O–H groups in total. The summed E-state index contributed by atoms with van der Waals surface area (Å²) in [5.74, 6) is -0.00458. The number of ether oxygens (including phenoxy) is 1. The van der Waals surface area contributed by atoms with Crippen molar-refractivity contribution in [2.45, 2.75) is 12.5 Å². The van der Waals surface area contributed by atoms with E-state index in [0.29, 0.717) is 30.9 Å². The third-order valence-corrected chi connectivity index (χ3v) is 4.12. The molecule has 116 valence electrons. The van der Waals surface area contributed by atoms with Crippen LogP contribution in [0, 0.1) is 0 Å². The summed E-state index contributed by atoms with van der Waals surface area (Å²) >= 11 is 0. The molecule has 0 aliphatic carbocycles. The van der Waals surface area contributed by atoms with Crippen molar-refractivity contribution >= 4 is 18.3 Å². The van der Waals surface area contributed by atoms with E-state index in [1.54, 1.807) is 18.3 Å². The molecule has 7 nitrogen and oxygen atoms in total. The van der Waals surface area contributed by atoms with E-state index in [1.165, 1.54) is 4.90 Å². The maximum atomic E-state index is 11.5. The molecule has 1 unspecified atom stereocenters. The predicted molar refractivity (Wildman–Crippen MR) is 79.5 cm³/mol. The van der Waals surface area contributed by atoms with Crippen LogP contribution in [0.5, 0.6) is 5.75 Å². The second kappa shape index (κ2) is 5.42. The first kappa shape index (κ1) is 14.5. The number of amides is 1. The zero-order chi connectivity index (χ0) is 15.7. The maximum absolute atomic E-state index is 11.5. The molecule has 2 aliphatic rings. The van der Waals surface area contributed by atoms with Crippen LogP contribution in [0.4, 0.5) is 4.79 Å². The van der Waals surface area contributed by atoms with Gasteiger partial charge in [-0.15, -0.1) is 0 Å². The normalized spacial score (nSPS) is 24.4. The molecule has 0 radical (unpaired) electrons. The van der Waals surface area contributed by atoms with Gasteiger partial charge in [0.1, 0.15) is 12.3 Å². The SMILES string of the molecule is CC1(c2ccc3c(c2)OC(=O)CN=C3)CNCCN1C(=O)O. The van der Waals surface area contributed by atoms with Crippen LogP contribution in [-0.4, -0.2) is 54.5 Å². The average Bonchev–Trinajstić information content (AvgIpc) is 2.67. The number of nitrogens with one attached hydrogen (secondary N) is 1. The third-order valence-electron chi connectivity index (χ3n) is 4.12. The van der Waals surface area contributed by atoms with Crippen molar-refractivity contribution in [1.82, 2.24) is 10.2 Å². The van der Waals surface area contributed by atoms with Crippen LogP contribution in [-0.2, 0) is 10.3 Å². The second-order valence-electron chi connectivity index (χ2n) is 5.58. The Morgan fingerprint density at radius 3 is 3.09 bits per heavy atom. The molecule has 2 heterocycles. The largest absolute Gasteiger partial charge is 0.465 e. The van der Waals surface area contributed by atoms with Gasteiger partial charge in [-0.25, -0.2) is 9.59 Å². The number of esters is 1. The number of hydrogen-bond acceptors (Lipinski definition) is 5. The van der Waals surface area contributed by atoms with Crippen molar-refractivity contribution in [2.24, 2.45) is 4.99 Å². The highest BCUT2D eigenvalue weighted by Gasteiger charge is 2.39. The van der Waals surface area contributed by atoms with Gasteiger partial charge < -0.3 is 15.2 Å². The molecule has 2 aliphatic heterocycles. The Kier molecular flexibility index (Phi) is 3.58. The summed E-state index contributed by atoms with van der Waals surface area (Å²) in [7, 11) is 0. The van der Waals surface area contributed by atoms with Gasteiger partial charge in [0.2, 0.25) is 0 Å². The van der Waals surface area contributed by atoms with Crippen molar-refractivity contribution < 1.29 is 19.4 Å². The Bertz CT molecular complexity index is 658. The molecular formula is C15H17N3O4. The van der Waals surface area contributed by atoms with E-state index in [9.17, 15) is 14.7 Å². The summed E-state index contributed by atoms with van der Waals surface area (Å²) in [6.45, 7) is 3.38. The number of piperazine rings is 1. The van der Waals surface area contributed by atoms with Gasteiger partial charge in [0.05, 0.1) is 5.54 Å². The molecule has 1 saturated heterocycles. The quantitative estimate of drug-likeness (QED) is 0.592. The number of carbonyl (C=O) groups excluding carboxylic acids is 1. The van der Waals surface area contributed by atoms with E-state index in [-0.39, 0.29) is 6.54 Å². The first-order valence-electron chi connectivity index (χ1n) is 7.07. The number of hydrogen-bond donors (Lipinski definition) is 2. The van der Waals surface area contributed by atoms with Gasteiger partial charge in [0, 0.05) is 31.4 Å². The first-order valence-corrected chi connectivity index (χ1v) is 7.07. The topological polar surface area (TPSA) is 91.2 Å². The van der Waals surface area contributed by atoms with E-state index in [2.05, 4.69) is 10.3 Å². The molecule has 22 heavy (non-hydrogen) atoms. The van der Waals surface area contributed by atoms with Crippen LogP contribution >= 0.6 is 0 Å².